The molecule has 276 valence electrons. The van der Waals surface area contributed by atoms with Crippen LogP contribution in [0.25, 0.3) is 5.69 Å². The predicted molar refractivity (Wildman–Crippen MR) is 194 cm³/mol. The van der Waals surface area contributed by atoms with Crippen molar-refractivity contribution in [1.29, 1.82) is 0 Å². The lowest BCUT2D eigenvalue weighted by atomic mass is 9.75. The molecule has 2 aliphatic carbocycles. The zero-order valence-corrected chi connectivity index (χ0v) is 29.9. The molecule has 2 aromatic carbocycles. The number of aromatic nitrogens is 3. The summed E-state index contributed by atoms with van der Waals surface area (Å²) in [7, 11) is 1.54. The summed E-state index contributed by atoms with van der Waals surface area (Å²) in [5.41, 5.74) is 2.24. The fourth-order valence-electron chi connectivity index (χ4n) is 7.12. The van der Waals surface area contributed by atoms with Crippen LogP contribution in [0.5, 0.6) is 11.5 Å². The average Bonchev–Trinajstić information content (AvgIpc) is 3.81. The molecule has 6 rings (SSSR count). The molecule has 2 bridgehead atoms. The van der Waals surface area contributed by atoms with Crippen molar-refractivity contribution >= 4 is 23.6 Å². The van der Waals surface area contributed by atoms with Gasteiger partial charge in [-0.25, -0.2) is 0 Å². The number of methoxy groups -OCH3 is 1. The molecule has 1 atom stereocenters. The number of amides is 4. The van der Waals surface area contributed by atoms with Crippen LogP contribution in [-0.4, -0.2) is 89.7 Å². The monoisotopic (exact) mass is 711 g/mol. The first kappa shape index (κ1) is 36.6. The third kappa shape index (κ3) is 9.56. The second-order valence-corrected chi connectivity index (χ2v) is 14.1. The molecule has 0 radical (unpaired) electrons. The van der Waals surface area contributed by atoms with E-state index in [1.165, 1.54) is 31.8 Å². The lowest BCUT2D eigenvalue weighted by Gasteiger charge is -2.34. The maximum atomic E-state index is 14.3. The summed E-state index contributed by atoms with van der Waals surface area (Å²) >= 11 is 0. The Morgan fingerprint density at radius 3 is 2.60 bits per heavy atom. The third-order valence-corrected chi connectivity index (χ3v) is 10.1. The van der Waals surface area contributed by atoms with Gasteiger partial charge in [-0.2, -0.15) is 0 Å². The number of hydrogen-bond acceptors (Lipinski definition) is 8. The van der Waals surface area contributed by atoms with Crippen molar-refractivity contribution in [2.24, 2.45) is 11.3 Å². The normalized spacial score (nSPS) is 20.6. The van der Waals surface area contributed by atoms with Crippen molar-refractivity contribution in [2.45, 2.75) is 64.2 Å². The van der Waals surface area contributed by atoms with Gasteiger partial charge in [0.25, 0.3) is 11.8 Å². The first-order valence-electron chi connectivity index (χ1n) is 18.4. The van der Waals surface area contributed by atoms with Gasteiger partial charge in [-0.05, 0) is 80.7 Å². The Bertz CT molecular complexity index is 1760. The van der Waals surface area contributed by atoms with E-state index in [9.17, 15) is 19.2 Å². The van der Waals surface area contributed by atoms with Crippen molar-refractivity contribution < 1.29 is 28.7 Å². The van der Waals surface area contributed by atoms with Gasteiger partial charge in [0.15, 0.2) is 18.1 Å². The molecule has 0 spiro atoms. The fourth-order valence-corrected chi connectivity index (χ4v) is 7.12. The van der Waals surface area contributed by atoms with Crippen LogP contribution in [0.1, 0.15) is 73.7 Å². The summed E-state index contributed by atoms with van der Waals surface area (Å²) < 4.78 is 13.2. The molecule has 13 heteroatoms. The van der Waals surface area contributed by atoms with E-state index in [4.69, 9.17) is 9.47 Å². The maximum Gasteiger partial charge on any atom is 0.258 e. The molecular formula is C39H49N7O6. The van der Waals surface area contributed by atoms with Crippen molar-refractivity contribution in [2.75, 3.05) is 46.4 Å². The van der Waals surface area contributed by atoms with Crippen LogP contribution in [0.3, 0.4) is 0 Å². The molecule has 1 aliphatic heterocycles. The molecule has 0 saturated heterocycles. The van der Waals surface area contributed by atoms with Gasteiger partial charge >= 0.3 is 0 Å². The molecule has 1 aromatic heterocycles. The molecule has 3 aromatic rings. The summed E-state index contributed by atoms with van der Waals surface area (Å²) in [4.78, 5) is 56.4. The summed E-state index contributed by atoms with van der Waals surface area (Å²) in [6.45, 7) is 1.08. The van der Waals surface area contributed by atoms with Gasteiger partial charge in [0.05, 0.1) is 23.8 Å². The number of benzene rings is 2. The number of nitrogens with one attached hydrogen (secondary N) is 3. The highest BCUT2D eigenvalue weighted by Gasteiger charge is 2.43. The SMILES string of the molecule is COc1ccc2cc1OCC(=O)NCCN(C(=O)c1ccccc1-n1cnnc1)CCCC(=O)NCC(CC1CC1)(C(=O)NCC1=CCCCC1)C2. The smallest absolute Gasteiger partial charge is 0.258 e. The predicted octanol–water partition coefficient (Wildman–Crippen LogP) is 3.77. The van der Waals surface area contributed by atoms with Crippen LogP contribution in [0, 0.1) is 11.3 Å². The highest BCUT2D eigenvalue weighted by atomic mass is 16.5. The van der Waals surface area contributed by atoms with Crippen LogP contribution in [-0.2, 0) is 20.8 Å². The van der Waals surface area contributed by atoms with Gasteiger partial charge in [0.1, 0.15) is 12.7 Å². The van der Waals surface area contributed by atoms with E-state index in [0.29, 0.717) is 54.5 Å². The summed E-state index contributed by atoms with van der Waals surface area (Å²) in [5.74, 6) is 0.368. The number of ether oxygens (including phenoxy) is 2. The second kappa shape index (κ2) is 17.3. The van der Waals surface area contributed by atoms with Crippen LogP contribution in [0.4, 0.5) is 0 Å². The number of para-hydroxylation sites is 1. The number of carbonyl (C=O) groups excluding carboxylic acids is 4. The summed E-state index contributed by atoms with van der Waals surface area (Å²) in [6.07, 6.45) is 13.2. The van der Waals surface area contributed by atoms with Gasteiger partial charge in [-0.15, -0.1) is 10.2 Å². The van der Waals surface area contributed by atoms with E-state index >= 15 is 0 Å². The molecule has 13 nitrogen and oxygen atoms in total. The fraction of sp³-hybridized carbons (Fsp3) is 0.487. The maximum absolute atomic E-state index is 14.3. The van der Waals surface area contributed by atoms with Gasteiger partial charge in [0, 0.05) is 39.1 Å². The minimum atomic E-state index is -0.908. The molecule has 2 heterocycles. The standard InChI is InChI=1S/C39H49N7O6/c1-51-33-16-15-30-20-34(33)52-24-36(48)40-17-19-45(37(49)31-10-5-6-11-32(31)46-26-43-44-27-46)18-7-12-35(47)42-25-39(22-30,21-28-13-14-28)38(50)41-23-29-8-3-2-4-9-29/h5-6,8,10-11,15-16,20,26-28H,2-4,7,9,12-14,17-19,21-25H2,1H3,(H,40,48)(H,41,50)(H,42,47). The van der Waals surface area contributed by atoms with Crippen LogP contribution >= 0.6 is 0 Å². The molecule has 3 aliphatic rings. The molecule has 4 amide bonds. The highest BCUT2D eigenvalue weighted by molar-refractivity contribution is 5.98. The van der Waals surface area contributed by atoms with Crippen LogP contribution in [0.2, 0.25) is 0 Å². The van der Waals surface area contributed by atoms with Crippen molar-refractivity contribution in [3.05, 3.63) is 77.9 Å². The minimum absolute atomic E-state index is 0.0817. The molecular weight excluding hydrogens is 662 g/mol. The van der Waals surface area contributed by atoms with Gasteiger partial charge in [0.2, 0.25) is 11.8 Å². The first-order valence-corrected chi connectivity index (χ1v) is 18.4. The van der Waals surface area contributed by atoms with E-state index in [1.807, 2.05) is 24.3 Å². The number of nitrogens with zero attached hydrogens (tertiary/aromatic N) is 4. The largest absolute Gasteiger partial charge is 0.493 e. The third-order valence-electron chi connectivity index (χ3n) is 10.1. The van der Waals surface area contributed by atoms with Crippen molar-refractivity contribution in [3.63, 3.8) is 0 Å². The number of hydrogen-bond donors (Lipinski definition) is 3. The minimum Gasteiger partial charge on any atom is -0.493 e. The van der Waals surface area contributed by atoms with E-state index < -0.39 is 5.41 Å². The zero-order chi connectivity index (χ0) is 36.3. The average molecular weight is 712 g/mol. The Kier molecular flexibility index (Phi) is 12.2. The van der Waals surface area contributed by atoms with E-state index in [-0.39, 0.29) is 62.8 Å². The number of rotatable bonds is 8. The van der Waals surface area contributed by atoms with E-state index in [2.05, 4.69) is 32.2 Å². The zero-order valence-electron chi connectivity index (χ0n) is 29.9. The Morgan fingerprint density at radius 1 is 1.00 bits per heavy atom. The first-order chi connectivity index (χ1) is 25.3. The van der Waals surface area contributed by atoms with E-state index in [1.54, 1.807) is 27.7 Å². The molecule has 1 fully saturated rings. The van der Waals surface area contributed by atoms with Crippen LogP contribution in [0.15, 0.2) is 66.8 Å². The summed E-state index contributed by atoms with van der Waals surface area (Å²) in [6, 6.07) is 12.7. The number of carbonyl (C=O) groups is 4. The highest BCUT2D eigenvalue weighted by Crippen LogP contribution is 2.43. The lowest BCUT2D eigenvalue weighted by Crippen LogP contribution is -2.50. The van der Waals surface area contributed by atoms with Crippen molar-refractivity contribution in [1.82, 2.24) is 35.6 Å². The van der Waals surface area contributed by atoms with Gasteiger partial charge in [-0.3, -0.25) is 23.7 Å². The molecule has 52 heavy (non-hydrogen) atoms. The molecule has 1 saturated carbocycles. The van der Waals surface area contributed by atoms with Gasteiger partial charge < -0.3 is 30.3 Å². The molecule has 3 N–H and O–H groups in total. The van der Waals surface area contributed by atoms with Crippen LogP contribution < -0.4 is 25.4 Å². The Hall–Kier alpha value is -5.20. The lowest BCUT2D eigenvalue weighted by molar-refractivity contribution is -0.132. The Labute approximate surface area is 304 Å². The van der Waals surface area contributed by atoms with E-state index in [0.717, 1.165) is 37.7 Å². The Balaban J connectivity index is 1.25. The second-order valence-electron chi connectivity index (χ2n) is 14.1. The topological polar surface area (TPSA) is 157 Å². The quantitative estimate of drug-likeness (QED) is 0.298. The number of fused-ring (bicyclic) bond motifs is 2. The van der Waals surface area contributed by atoms with Crippen molar-refractivity contribution in [3.8, 4) is 17.2 Å². The number of allylic oxidation sites excluding steroid dienone is 1. The summed E-state index contributed by atoms with van der Waals surface area (Å²) in [5, 5.41) is 17.0. The van der Waals surface area contributed by atoms with Gasteiger partial charge in [-0.1, -0.05) is 42.7 Å². The molecule has 1 unspecified atom stereocenters. The Morgan fingerprint density at radius 2 is 1.83 bits per heavy atom.